The van der Waals surface area contributed by atoms with E-state index < -0.39 is 4.92 Å². The zero-order valence-corrected chi connectivity index (χ0v) is 8.61. The van der Waals surface area contributed by atoms with Gasteiger partial charge in [0.25, 0.3) is 5.69 Å². The number of nitrogens with zero attached hydrogens (tertiary/aromatic N) is 1. The van der Waals surface area contributed by atoms with Crippen LogP contribution in [-0.2, 0) is 0 Å². The Labute approximate surface area is 123 Å². The highest BCUT2D eigenvalue weighted by molar-refractivity contribution is 5.35. The lowest BCUT2D eigenvalue weighted by Gasteiger charge is -1.85. The lowest BCUT2D eigenvalue weighted by molar-refractivity contribution is -0.384. The van der Waals surface area contributed by atoms with Crippen molar-refractivity contribution < 1.29 is 4.92 Å². The molecule has 0 unspecified atom stereocenters. The fraction of sp³-hybridized carbons (Fsp3) is 0.250. The maximum atomic E-state index is 10.0. The Hall–Kier alpha value is -2.36. The SMILES string of the molecule is C.C.C.C.Nc1ccccc1.O=[N+]([O-])c1ccccc1. The summed E-state index contributed by atoms with van der Waals surface area (Å²) >= 11 is 0. The average Bonchev–Trinajstić information content (AvgIpc) is 2.32. The molecule has 2 aromatic carbocycles. The van der Waals surface area contributed by atoms with E-state index in [0.717, 1.165) is 5.69 Å². The van der Waals surface area contributed by atoms with Crippen LogP contribution in [0, 0.1) is 10.1 Å². The summed E-state index contributed by atoms with van der Waals surface area (Å²) in [5, 5.41) is 10.0. The molecule has 0 radical (unpaired) electrons. The predicted molar refractivity (Wildman–Crippen MR) is 90.9 cm³/mol. The second-order valence-corrected chi connectivity index (χ2v) is 3.00. The number of nitrogen functional groups attached to an aromatic ring is 1. The molecule has 20 heavy (non-hydrogen) atoms. The van der Waals surface area contributed by atoms with Crippen molar-refractivity contribution >= 4 is 11.4 Å². The standard InChI is InChI=1S/C6H5NO2.C6H7N.4CH4/c8-7(9)6-4-2-1-3-5-6;7-6-4-2-1-3-5-6;;;;/h1-5H;1-5H,7H2;4*1H4. The molecule has 0 atom stereocenters. The van der Waals surface area contributed by atoms with Gasteiger partial charge >= 0.3 is 0 Å². The molecule has 0 aliphatic rings. The lowest BCUT2D eigenvalue weighted by atomic mass is 10.3. The van der Waals surface area contributed by atoms with E-state index in [-0.39, 0.29) is 35.4 Å². The Bertz CT molecular complexity index is 431. The molecule has 0 saturated heterocycles. The first-order valence-corrected chi connectivity index (χ1v) is 4.70. The number of rotatable bonds is 1. The summed E-state index contributed by atoms with van der Waals surface area (Å²) in [6.07, 6.45) is 0. The van der Waals surface area contributed by atoms with Crippen molar-refractivity contribution in [1.82, 2.24) is 0 Å². The van der Waals surface area contributed by atoms with Crippen molar-refractivity contribution in [3.8, 4) is 0 Å². The van der Waals surface area contributed by atoms with Gasteiger partial charge in [0, 0.05) is 17.8 Å². The minimum absolute atomic E-state index is 0. The number of hydrogen-bond donors (Lipinski definition) is 1. The molecule has 0 saturated carbocycles. The molecule has 4 nitrogen and oxygen atoms in total. The van der Waals surface area contributed by atoms with E-state index in [9.17, 15) is 10.1 Å². The fourth-order valence-electron chi connectivity index (χ4n) is 1.00. The number of nitro groups is 1. The fourth-order valence-corrected chi connectivity index (χ4v) is 1.00. The number of para-hydroxylation sites is 2. The average molecular weight is 280 g/mol. The first kappa shape index (κ1) is 26.3. The summed E-state index contributed by atoms with van der Waals surface area (Å²) in [6, 6.07) is 17.4. The first-order chi connectivity index (χ1) is 7.70. The van der Waals surface area contributed by atoms with E-state index in [1.807, 2.05) is 30.3 Å². The van der Waals surface area contributed by atoms with E-state index in [4.69, 9.17) is 5.73 Å². The molecule has 2 aromatic rings. The monoisotopic (exact) mass is 280 g/mol. The normalized spacial score (nSPS) is 7.00. The van der Waals surface area contributed by atoms with Gasteiger partial charge in [-0.3, -0.25) is 10.1 Å². The molecule has 0 aliphatic carbocycles. The molecule has 114 valence electrons. The third-order valence-corrected chi connectivity index (χ3v) is 1.77. The zero-order chi connectivity index (χ0) is 11.8. The zero-order valence-electron chi connectivity index (χ0n) is 8.61. The van der Waals surface area contributed by atoms with Gasteiger partial charge in [0.2, 0.25) is 0 Å². The van der Waals surface area contributed by atoms with Crippen molar-refractivity contribution in [2.75, 3.05) is 5.73 Å². The van der Waals surface area contributed by atoms with Gasteiger partial charge in [-0.1, -0.05) is 66.1 Å². The van der Waals surface area contributed by atoms with Gasteiger partial charge in [-0.05, 0) is 12.1 Å². The van der Waals surface area contributed by atoms with E-state index in [1.165, 1.54) is 12.1 Å². The highest BCUT2D eigenvalue weighted by atomic mass is 16.6. The van der Waals surface area contributed by atoms with Gasteiger partial charge in [0.15, 0.2) is 0 Å². The van der Waals surface area contributed by atoms with Gasteiger partial charge in [0.1, 0.15) is 0 Å². The number of anilines is 1. The Balaban J connectivity index is -0.000000109. The van der Waals surface area contributed by atoms with Crippen LogP contribution >= 0.6 is 0 Å². The Kier molecular flexibility index (Phi) is 19.3. The maximum absolute atomic E-state index is 10.0. The number of nitro benzene ring substituents is 1. The van der Waals surface area contributed by atoms with Crippen LogP contribution in [0.25, 0.3) is 0 Å². The summed E-state index contributed by atoms with van der Waals surface area (Å²) in [7, 11) is 0. The molecular weight excluding hydrogens is 252 g/mol. The van der Waals surface area contributed by atoms with Crippen LogP contribution in [0.5, 0.6) is 0 Å². The molecule has 0 heterocycles. The summed E-state index contributed by atoms with van der Waals surface area (Å²) in [6.45, 7) is 0. The number of hydrogen-bond acceptors (Lipinski definition) is 3. The number of non-ortho nitro benzene ring substituents is 1. The molecule has 0 aliphatic heterocycles. The molecular formula is C16H28N2O2. The Morgan fingerprint density at radius 1 is 0.750 bits per heavy atom. The quantitative estimate of drug-likeness (QED) is 0.431. The van der Waals surface area contributed by atoms with Crippen molar-refractivity contribution in [3.63, 3.8) is 0 Å². The predicted octanol–water partition coefficient (Wildman–Crippen LogP) is 5.41. The topological polar surface area (TPSA) is 69.2 Å². The van der Waals surface area contributed by atoms with Gasteiger partial charge in [-0.25, -0.2) is 0 Å². The molecule has 4 heteroatoms. The number of benzene rings is 2. The molecule has 0 bridgehead atoms. The molecule has 0 amide bonds. The molecule has 2 rings (SSSR count). The summed E-state index contributed by atoms with van der Waals surface area (Å²) in [5.74, 6) is 0. The minimum atomic E-state index is -0.417. The minimum Gasteiger partial charge on any atom is -0.399 e. The van der Waals surface area contributed by atoms with Crippen LogP contribution < -0.4 is 5.73 Å². The van der Waals surface area contributed by atoms with Crippen molar-refractivity contribution in [2.45, 2.75) is 29.7 Å². The third kappa shape index (κ3) is 10.8. The van der Waals surface area contributed by atoms with Gasteiger partial charge in [-0.15, -0.1) is 0 Å². The second-order valence-electron chi connectivity index (χ2n) is 3.00. The van der Waals surface area contributed by atoms with Crippen LogP contribution in [0.15, 0.2) is 60.7 Å². The smallest absolute Gasteiger partial charge is 0.269 e. The van der Waals surface area contributed by atoms with Gasteiger partial charge in [0.05, 0.1) is 4.92 Å². The summed E-state index contributed by atoms with van der Waals surface area (Å²) in [5.41, 5.74) is 6.32. The van der Waals surface area contributed by atoms with Crippen molar-refractivity contribution in [2.24, 2.45) is 0 Å². The summed E-state index contributed by atoms with van der Waals surface area (Å²) in [4.78, 5) is 9.59. The van der Waals surface area contributed by atoms with E-state index in [0.29, 0.717) is 0 Å². The van der Waals surface area contributed by atoms with Crippen molar-refractivity contribution in [3.05, 3.63) is 70.8 Å². The van der Waals surface area contributed by atoms with Crippen LogP contribution in [0.1, 0.15) is 29.7 Å². The maximum Gasteiger partial charge on any atom is 0.269 e. The van der Waals surface area contributed by atoms with Gasteiger partial charge in [-0.2, -0.15) is 0 Å². The highest BCUT2D eigenvalue weighted by Crippen LogP contribution is 2.06. The Morgan fingerprint density at radius 2 is 1.10 bits per heavy atom. The largest absolute Gasteiger partial charge is 0.399 e. The molecule has 0 spiro atoms. The first-order valence-electron chi connectivity index (χ1n) is 4.70. The van der Waals surface area contributed by atoms with Crippen LogP contribution in [-0.4, -0.2) is 4.92 Å². The summed E-state index contributed by atoms with van der Waals surface area (Å²) < 4.78 is 0. The third-order valence-electron chi connectivity index (χ3n) is 1.77. The van der Waals surface area contributed by atoms with Crippen molar-refractivity contribution in [1.29, 1.82) is 0 Å². The van der Waals surface area contributed by atoms with Crippen LogP contribution in [0.3, 0.4) is 0 Å². The van der Waals surface area contributed by atoms with E-state index >= 15 is 0 Å². The van der Waals surface area contributed by atoms with Gasteiger partial charge < -0.3 is 5.73 Å². The molecule has 0 aromatic heterocycles. The van der Waals surface area contributed by atoms with E-state index in [1.54, 1.807) is 18.2 Å². The Morgan fingerprint density at radius 3 is 1.30 bits per heavy atom. The number of nitrogens with two attached hydrogens (primary N) is 1. The highest BCUT2D eigenvalue weighted by Gasteiger charge is 1.98. The lowest BCUT2D eigenvalue weighted by Crippen LogP contribution is -1.84. The van der Waals surface area contributed by atoms with Crippen LogP contribution in [0.4, 0.5) is 11.4 Å². The van der Waals surface area contributed by atoms with Crippen LogP contribution in [0.2, 0.25) is 0 Å². The van der Waals surface area contributed by atoms with E-state index in [2.05, 4.69) is 0 Å². The second kappa shape index (κ2) is 14.7. The molecule has 2 N–H and O–H groups in total. The molecule has 0 fully saturated rings.